The van der Waals surface area contributed by atoms with Gasteiger partial charge in [0.2, 0.25) is 0 Å². The first kappa shape index (κ1) is 15.4. The van der Waals surface area contributed by atoms with Crippen molar-refractivity contribution in [2.24, 2.45) is 0 Å². The van der Waals surface area contributed by atoms with Crippen molar-refractivity contribution in [3.05, 3.63) is 29.0 Å². The monoisotopic (exact) mass is 334 g/mol. The third kappa shape index (κ3) is 3.39. The van der Waals surface area contributed by atoms with Crippen LogP contribution in [0.3, 0.4) is 0 Å². The fraction of sp³-hybridized carbons (Fsp3) is 0.611. The highest BCUT2D eigenvalue weighted by molar-refractivity contribution is 6.29. The van der Waals surface area contributed by atoms with Gasteiger partial charge < -0.3 is 14.5 Å². The number of halogens is 1. The molecule has 124 valence electrons. The molecule has 1 aliphatic carbocycles. The highest BCUT2D eigenvalue weighted by Gasteiger charge is 2.27. The Morgan fingerprint density at radius 3 is 3.09 bits per heavy atom. The minimum atomic E-state index is 0.309. The zero-order valence-electron chi connectivity index (χ0n) is 13.3. The first-order valence-corrected chi connectivity index (χ1v) is 9.04. The van der Waals surface area contributed by atoms with Gasteiger partial charge in [-0.05, 0) is 55.7 Å². The molecule has 0 unspecified atom stereocenters. The summed E-state index contributed by atoms with van der Waals surface area (Å²) in [6.45, 7) is 1.64. The molecule has 23 heavy (non-hydrogen) atoms. The van der Waals surface area contributed by atoms with Crippen molar-refractivity contribution in [3.8, 4) is 0 Å². The molecule has 0 spiro atoms. The lowest BCUT2D eigenvalue weighted by Gasteiger charge is -2.29. The molecule has 1 saturated carbocycles. The molecule has 2 aromatic heterocycles. The van der Waals surface area contributed by atoms with Crippen molar-refractivity contribution in [3.63, 3.8) is 0 Å². The van der Waals surface area contributed by atoms with Crippen LogP contribution in [-0.4, -0.2) is 35.4 Å². The van der Waals surface area contributed by atoms with Crippen molar-refractivity contribution in [2.45, 2.75) is 56.7 Å². The quantitative estimate of drug-likeness (QED) is 0.841. The topological polar surface area (TPSA) is 47.1 Å². The number of nitrogens with zero attached hydrogens (tertiary/aromatic N) is 1. The van der Waals surface area contributed by atoms with Crippen LogP contribution in [0.15, 0.2) is 18.3 Å². The van der Waals surface area contributed by atoms with Crippen molar-refractivity contribution in [1.82, 2.24) is 9.97 Å². The molecule has 0 radical (unpaired) electrons. The summed E-state index contributed by atoms with van der Waals surface area (Å²) < 4.78 is 11.8. The maximum atomic E-state index is 6.15. The van der Waals surface area contributed by atoms with E-state index in [0.717, 1.165) is 43.5 Å². The van der Waals surface area contributed by atoms with E-state index in [2.05, 4.69) is 16.2 Å². The second-order valence-electron chi connectivity index (χ2n) is 6.73. The fourth-order valence-electron chi connectivity index (χ4n) is 3.90. The fourth-order valence-corrected chi connectivity index (χ4v) is 4.05. The molecular weight excluding hydrogens is 312 g/mol. The SMILES string of the molecule is Clc1ccc2[nH]cc([C@@H]3CCC[C@H](OC[C@@H]4CCCO4)C3)c2n1. The molecule has 4 nitrogen and oxygen atoms in total. The van der Waals surface area contributed by atoms with E-state index in [9.17, 15) is 0 Å². The number of aromatic amines is 1. The van der Waals surface area contributed by atoms with E-state index in [-0.39, 0.29) is 0 Å². The predicted octanol–water partition coefficient (Wildman–Crippen LogP) is 4.44. The second kappa shape index (κ2) is 6.80. The van der Waals surface area contributed by atoms with Crippen LogP contribution in [0.25, 0.3) is 11.0 Å². The third-order valence-electron chi connectivity index (χ3n) is 5.13. The van der Waals surface area contributed by atoms with Gasteiger partial charge in [0.15, 0.2) is 0 Å². The first-order chi connectivity index (χ1) is 11.3. The Balaban J connectivity index is 1.44. The molecule has 4 rings (SSSR count). The standard InChI is InChI=1S/C18H23ClN2O2/c19-17-7-6-16-18(21-17)15(10-20-16)12-3-1-4-13(9-12)23-11-14-5-2-8-22-14/h6-7,10,12-14,20H,1-5,8-9,11H2/t12-,13+,14+/m1/s1. The number of H-pyrrole nitrogens is 1. The summed E-state index contributed by atoms with van der Waals surface area (Å²) in [7, 11) is 0. The molecule has 2 aliphatic rings. The lowest BCUT2D eigenvalue weighted by Crippen LogP contribution is -2.26. The van der Waals surface area contributed by atoms with Crippen LogP contribution in [0.2, 0.25) is 5.15 Å². The first-order valence-electron chi connectivity index (χ1n) is 8.66. The summed E-state index contributed by atoms with van der Waals surface area (Å²) in [5, 5.41) is 0.556. The van der Waals surface area contributed by atoms with Gasteiger partial charge in [0, 0.05) is 12.8 Å². The molecule has 2 aromatic rings. The number of ether oxygens (including phenoxy) is 2. The number of hydrogen-bond donors (Lipinski definition) is 1. The average Bonchev–Trinajstić information content (AvgIpc) is 3.22. The molecule has 5 heteroatoms. The number of aromatic nitrogens is 2. The van der Waals surface area contributed by atoms with Crippen molar-refractivity contribution in [2.75, 3.05) is 13.2 Å². The number of hydrogen-bond acceptors (Lipinski definition) is 3. The van der Waals surface area contributed by atoms with Gasteiger partial charge in [-0.25, -0.2) is 4.98 Å². The van der Waals surface area contributed by atoms with Gasteiger partial charge in [-0.2, -0.15) is 0 Å². The van der Waals surface area contributed by atoms with Crippen molar-refractivity contribution in [1.29, 1.82) is 0 Å². The molecule has 1 aliphatic heterocycles. The maximum Gasteiger partial charge on any atom is 0.129 e. The second-order valence-corrected chi connectivity index (χ2v) is 7.12. The highest BCUT2D eigenvalue weighted by atomic mass is 35.5. The molecule has 3 heterocycles. The average molecular weight is 335 g/mol. The van der Waals surface area contributed by atoms with E-state index in [1.807, 2.05) is 12.1 Å². The van der Waals surface area contributed by atoms with Crippen LogP contribution in [0.1, 0.15) is 50.0 Å². The van der Waals surface area contributed by atoms with E-state index < -0.39 is 0 Å². The Bertz CT molecular complexity index is 666. The summed E-state index contributed by atoms with van der Waals surface area (Å²) in [5.41, 5.74) is 3.36. The Labute approximate surface area is 141 Å². The molecule has 1 N–H and O–H groups in total. The molecule has 1 saturated heterocycles. The smallest absolute Gasteiger partial charge is 0.129 e. The maximum absolute atomic E-state index is 6.15. The highest BCUT2D eigenvalue weighted by Crippen LogP contribution is 2.37. The zero-order chi connectivity index (χ0) is 15.6. The van der Waals surface area contributed by atoms with Crippen molar-refractivity contribution >= 4 is 22.6 Å². The molecular formula is C18H23ClN2O2. The third-order valence-corrected chi connectivity index (χ3v) is 5.34. The predicted molar refractivity (Wildman–Crippen MR) is 91.0 cm³/mol. The van der Waals surface area contributed by atoms with E-state index in [1.54, 1.807) is 0 Å². The van der Waals surface area contributed by atoms with Crippen LogP contribution in [-0.2, 0) is 9.47 Å². The normalized spacial score (nSPS) is 28.5. The van der Waals surface area contributed by atoms with Gasteiger partial charge >= 0.3 is 0 Å². The van der Waals surface area contributed by atoms with Gasteiger partial charge in [0.1, 0.15) is 5.15 Å². The van der Waals surface area contributed by atoms with E-state index in [0.29, 0.717) is 23.3 Å². The summed E-state index contributed by atoms with van der Waals surface area (Å²) in [4.78, 5) is 7.84. The Kier molecular flexibility index (Phi) is 4.56. The molecule has 2 fully saturated rings. The molecule has 3 atom stereocenters. The van der Waals surface area contributed by atoms with Gasteiger partial charge in [-0.1, -0.05) is 18.0 Å². The van der Waals surface area contributed by atoms with Crippen LogP contribution < -0.4 is 0 Å². The molecule has 0 bridgehead atoms. The van der Waals surface area contributed by atoms with Gasteiger partial charge in [-0.15, -0.1) is 0 Å². The van der Waals surface area contributed by atoms with Gasteiger partial charge in [0.25, 0.3) is 0 Å². The Morgan fingerprint density at radius 1 is 1.26 bits per heavy atom. The number of nitrogens with one attached hydrogen (secondary N) is 1. The van der Waals surface area contributed by atoms with Gasteiger partial charge in [-0.3, -0.25) is 0 Å². The van der Waals surface area contributed by atoms with E-state index in [4.69, 9.17) is 21.1 Å². The lowest BCUT2D eigenvalue weighted by atomic mass is 9.83. The minimum absolute atomic E-state index is 0.309. The molecule has 0 amide bonds. The van der Waals surface area contributed by atoms with Crippen LogP contribution in [0.4, 0.5) is 0 Å². The Morgan fingerprint density at radius 2 is 2.22 bits per heavy atom. The largest absolute Gasteiger partial charge is 0.376 e. The zero-order valence-corrected chi connectivity index (χ0v) is 14.0. The van der Waals surface area contributed by atoms with Crippen LogP contribution in [0.5, 0.6) is 0 Å². The number of rotatable bonds is 4. The van der Waals surface area contributed by atoms with E-state index >= 15 is 0 Å². The summed E-state index contributed by atoms with van der Waals surface area (Å²) in [6.07, 6.45) is 9.67. The van der Waals surface area contributed by atoms with Crippen LogP contribution in [0, 0.1) is 0 Å². The van der Waals surface area contributed by atoms with Crippen molar-refractivity contribution < 1.29 is 9.47 Å². The van der Waals surface area contributed by atoms with Gasteiger partial charge in [0.05, 0.1) is 29.8 Å². The van der Waals surface area contributed by atoms with Crippen LogP contribution >= 0.6 is 11.6 Å². The summed E-state index contributed by atoms with van der Waals surface area (Å²) in [5.74, 6) is 0.498. The molecule has 0 aromatic carbocycles. The summed E-state index contributed by atoms with van der Waals surface area (Å²) >= 11 is 6.07. The number of fused-ring (bicyclic) bond motifs is 1. The summed E-state index contributed by atoms with van der Waals surface area (Å²) in [6, 6.07) is 3.83. The number of pyridine rings is 1. The lowest BCUT2D eigenvalue weighted by molar-refractivity contribution is -0.0352. The minimum Gasteiger partial charge on any atom is -0.376 e. The Hall–Kier alpha value is -1.10. The van der Waals surface area contributed by atoms with E-state index in [1.165, 1.54) is 24.8 Å².